The minimum Gasteiger partial charge on any atom is -0.490 e. The number of carboxylic acids is 1. The first kappa shape index (κ1) is 33.0. The Morgan fingerprint density at radius 1 is 1.11 bits per heavy atom. The molecule has 8 nitrogen and oxygen atoms in total. The molecule has 2 aromatic carbocycles. The van der Waals surface area contributed by atoms with Crippen LogP contribution in [0, 0.1) is 12.7 Å². The van der Waals surface area contributed by atoms with Crippen molar-refractivity contribution < 1.29 is 28.5 Å². The molecule has 47 heavy (non-hydrogen) atoms. The van der Waals surface area contributed by atoms with E-state index in [2.05, 4.69) is 18.7 Å². The third kappa shape index (κ3) is 7.16. The molecule has 4 aromatic rings. The third-order valence-corrected chi connectivity index (χ3v) is 9.26. The summed E-state index contributed by atoms with van der Waals surface area (Å²) in [6.45, 7) is 13.8. The normalized spacial score (nSPS) is 21.3. The van der Waals surface area contributed by atoms with Crippen molar-refractivity contribution in [1.29, 1.82) is 0 Å². The zero-order chi connectivity index (χ0) is 33.5. The van der Waals surface area contributed by atoms with E-state index in [0.29, 0.717) is 36.6 Å². The maximum Gasteiger partial charge on any atom is 0.337 e. The first-order valence-corrected chi connectivity index (χ1v) is 16.7. The minimum absolute atomic E-state index is 0.0435. The van der Waals surface area contributed by atoms with Crippen molar-refractivity contribution in [1.82, 2.24) is 9.61 Å². The molecule has 0 saturated carbocycles. The Kier molecular flexibility index (Phi) is 9.06. The van der Waals surface area contributed by atoms with Crippen LogP contribution >= 0.6 is 0 Å². The summed E-state index contributed by atoms with van der Waals surface area (Å²) < 4.78 is 35.6. The van der Waals surface area contributed by atoms with Gasteiger partial charge >= 0.3 is 5.97 Å². The van der Waals surface area contributed by atoms with Crippen LogP contribution in [0.4, 0.5) is 10.1 Å². The van der Waals surface area contributed by atoms with Gasteiger partial charge in [-0.15, -0.1) is 0 Å². The molecule has 3 aliphatic rings. The van der Waals surface area contributed by atoms with Crippen LogP contribution in [-0.4, -0.2) is 57.7 Å². The van der Waals surface area contributed by atoms with Crippen LogP contribution in [0.2, 0.25) is 0 Å². The van der Waals surface area contributed by atoms with E-state index in [1.807, 2.05) is 68.7 Å². The number of fused-ring (bicyclic) bond motifs is 8. The summed E-state index contributed by atoms with van der Waals surface area (Å²) in [7, 11) is 0. The lowest BCUT2D eigenvalue weighted by atomic mass is 9.91. The van der Waals surface area contributed by atoms with E-state index in [1.54, 1.807) is 6.07 Å². The molecule has 9 heteroatoms. The number of piperidine rings is 1. The highest BCUT2D eigenvalue weighted by molar-refractivity contribution is 5.87. The molecule has 5 heterocycles. The van der Waals surface area contributed by atoms with E-state index in [9.17, 15) is 14.3 Å². The van der Waals surface area contributed by atoms with Gasteiger partial charge in [0.25, 0.3) is 0 Å². The number of benzene rings is 2. The standard InChI is InChI=1S/C38H46FN3O5/c1-24-23-42-31-22-30(40-42)27-12-9-11-26(20-27)29-21-28(39)13-14-32(29)46-25(2)10-7-8-19-45-38(6)15-17-41(18-16-38)34(31)33(24)35(36(43)44)47-37(3,4)5/h9,11-14,20-23,25,35H,7-8,10,15-19H2,1-6H3,(H,43,44)/t25-,35-/m0/s1. The number of ether oxygens (including phenoxy) is 3. The number of hydrogen-bond donors (Lipinski definition) is 1. The molecule has 2 atom stereocenters. The van der Waals surface area contributed by atoms with E-state index >= 15 is 0 Å². The van der Waals surface area contributed by atoms with Gasteiger partial charge in [-0.05, 0) is 115 Å². The van der Waals surface area contributed by atoms with Gasteiger partial charge in [-0.1, -0.05) is 18.2 Å². The molecule has 0 amide bonds. The Morgan fingerprint density at radius 3 is 2.57 bits per heavy atom. The zero-order valence-electron chi connectivity index (χ0n) is 28.3. The van der Waals surface area contributed by atoms with Crippen LogP contribution in [0.25, 0.3) is 27.9 Å². The molecule has 2 aromatic heterocycles. The van der Waals surface area contributed by atoms with Crippen molar-refractivity contribution in [3.63, 3.8) is 0 Å². The van der Waals surface area contributed by atoms with Gasteiger partial charge in [0.1, 0.15) is 11.6 Å². The van der Waals surface area contributed by atoms with Gasteiger partial charge in [-0.2, -0.15) is 5.10 Å². The van der Waals surface area contributed by atoms with Gasteiger partial charge in [0.05, 0.1) is 34.2 Å². The van der Waals surface area contributed by atoms with Crippen molar-refractivity contribution in [2.75, 3.05) is 24.6 Å². The van der Waals surface area contributed by atoms with Gasteiger partial charge < -0.3 is 24.2 Å². The lowest BCUT2D eigenvalue weighted by Gasteiger charge is -2.42. The highest BCUT2D eigenvalue weighted by Crippen LogP contribution is 2.42. The molecule has 1 saturated heterocycles. The monoisotopic (exact) mass is 643 g/mol. The minimum atomic E-state index is -1.17. The summed E-state index contributed by atoms with van der Waals surface area (Å²) in [5.74, 6) is -0.731. The van der Waals surface area contributed by atoms with E-state index in [1.165, 1.54) is 12.1 Å². The SMILES string of the molecule is Cc1cn2nc3cc2c(c1[C@H](OC(C)(C)C)C(=O)O)N1CCC(C)(CC1)OCCCC[C@H](C)Oc1ccc(F)cc1-c1cccc-3c1. The summed E-state index contributed by atoms with van der Waals surface area (Å²) >= 11 is 0. The number of hydrogen-bond acceptors (Lipinski definition) is 6. The van der Waals surface area contributed by atoms with Gasteiger partial charge in [-0.3, -0.25) is 0 Å². The van der Waals surface area contributed by atoms with E-state index < -0.39 is 17.7 Å². The van der Waals surface area contributed by atoms with Crippen LogP contribution < -0.4 is 9.64 Å². The quantitative estimate of drug-likeness (QED) is 0.240. The number of rotatable bonds is 3. The Balaban J connectivity index is 1.53. The van der Waals surface area contributed by atoms with Gasteiger partial charge in [0.15, 0.2) is 6.10 Å². The number of nitrogens with zero attached hydrogens (tertiary/aromatic N) is 3. The molecule has 0 unspecified atom stereocenters. The van der Waals surface area contributed by atoms with Crippen molar-refractivity contribution in [2.24, 2.45) is 0 Å². The second kappa shape index (κ2) is 12.9. The predicted molar refractivity (Wildman–Crippen MR) is 182 cm³/mol. The summed E-state index contributed by atoms with van der Waals surface area (Å²) in [6, 6.07) is 14.6. The Labute approximate surface area is 276 Å². The van der Waals surface area contributed by atoms with E-state index in [4.69, 9.17) is 19.3 Å². The summed E-state index contributed by atoms with van der Waals surface area (Å²) in [5, 5.41) is 15.5. The van der Waals surface area contributed by atoms with E-state index in [-0.39, 0.29) is 17.5 Å². The summed E-state index contributed by atoms with van der Waals surface area (Å²) in [5.41, 5.74) is 5.17. The molecular formula is C38H46FN3O5. The smallest absolute Gasteiger partial charge is 0.337 e. The highest BCUT2D eigenvalue weighted by atomic mass is 19.1. The molecule has 0 aliphatic carbocycles. The Morgan fingerprint density at radius 2 is 1.85 bits per heavy atom. The van der Waals surface area contributed by atoms with Crippen LogP contribution in [0.5, 0.6) is 5.75 Å². The number of carbonyl (C=O) groups is 1. The predicted octanol–water partition coefficient (Wildman–Crippen LogP) is 8.38. The third-order valence-electron chi connectivity index (χ3n) is 9.26. The second-order valence-electron chi connectivity index (χ2n) is 14.3. The van der Waals surface area contributed by atoms with Crippen molar-refractivity contribution >= 4 is 17.2 Å². The zero-order valence-corrected chi connectivity index (χ0v) is 28.3. The fraction of sp³-hybridized carbons (Fsp3) is 0.474. The van der Waals surface area contributed by atoms with E-state index in [0.717, 1.165) is 65.7 Å². The van der Waals surface area contributed by atoms with Crippen molar-refractivity contribution in [2.45, 2.75) is 97.1 Å². The van der Waals surface area contributed by atoms with Crippen LogP contribution in [0.15, 0.2) is 54.7 Å². The highest BCUT2D eigenvalue weighted by Gasteiger charge is 2.37. The number of pyridine rings is 1. The Hall–Kier alpha value is -3.95. The molecule has 250 valence electrons. The van der Waals surface area contributed by atoms with Crippen LogP contribution in [-0.2, 0) is 14.3 Å². The number of carboxylic acid groups (broad SMARTS) is 1. The molecule has 1 fully saturated rings. The maximum atomic E-state index is 14.6. The molecular weight excluding hydrogens is 597 g/mol. The van der Waals surface area contributed by atoms with Gasteiger partial charge in [-0.25, -0.2) is 13.7 Å². The van der Waals surface area contributed by atoms with Crippen molar-refractivity contribution in [3.8, 4) is 28.1 Å². The van der Waals surface area contributed by atoms with Crippen molar-refractivity contribution in [3.05, 3.63) is 71.7 Å². The second-order valence-corrected chi connectivity index (χ2v) is 14.3. The number of aromatic nitrogens is 2. The summed E-state index contributed by atoms with van der Waals surface area (Å²) in [4.78, 5) is 15.1. The largest absolute Gasteiger partial charge is 0.490 e. The summed E-state index contributed by atoms with van der Waals surface area (Å²) in [6.07, 6.45) is 5.01. The van der Waals surface area contributed by atoms with Crippen LogP contribution in [0.3, 0.4) is 0 Å². The average molecular weight is 644 g/mol. The number of aliphatic carboxylic acids is 1. The van der Waals surface area contributed by atoms with Crippen LogP contribution in [0.1, 0.15) is 84.0 Å². The molecule has 6 bridgehead atoms. The van der Waals surface area contributed by atoms with Gasteiger partial charge in [0, 0.05) is 42.6 Å². The van der Waals surface area contributed by atoms with Gasteiger partial charge in [0.2, 0.25) is 0 Å². The lowest BCUT2D eigenvalue weighted by Crippen LogP contribution is -2.45. The number of anilines is 1. The molecule has 1 N–H and O–H groups in total. The molecule has 0 radical (unpaired) electrons. The first-order chi connectivity index (χ1) is 22.3. The molecule has 3 aliphatic heterocycles. The average Bonchev–Trinajstić information content (AvgIpc) is 3.43. The molecule has 0 spiro atoms. The molecule has 7 rings (SSSR count). The fourth-order valence-corrected chi connectivity index (χ4v) is 6.79. The number of halogens is 1. The first-order valence-electron chi connectivity index (χ1n) is 16.7. The maximum absolute atomic E-state index is 14.6. The lowest BCUT2D eigenvalue weighted by molar-refractivity contribution is -0.160. The Bertz CT molecular complexity index is 1770. The number of aryl methyl sites for hydroxylation is 1. The topological polar surface area (TPSA) is 85.5 Å². The fourth-order valence-electron chi connectivity index (χ4n) is 6.79.